The Kier molecular flexibility index (Phi) is 9.10. The first-order chi connectivity index (χ1) is 30.2. The third-order valence-corrected chi connectivity index (χ3v) is 11.3. The lowest BCUT2D eigenvalue weighted by molar-refractivity contribution is 1.07. The Morgan fingerprint density at radius 3 is 1.33 bits per heavy atom. The molecule has 0 N–H and O–H groups in total. The predicted molar refractivity (Wildman–Crippen MR) is 250 cm³/mol. The smallest absolute Gasteiger partial charge is 0.164 e. The topological polar surface area (TPSA) is 56.0 Å². The van der Waals surface area contributed by atoms with E-state index in [1.807, 2.05) is 18.2 Å². The molecule has 3 aromatic heterocycles. The fourth-order valence-corrected chi connectivity index (χ4v) is 8.14. The van der Waals surface area contributed by atoms with Crippen LogP contribution in [0.25, 0.3) is 106 Å². The molecule has 8 aromatic carbocycles. The van der Waals surface area contributed by atoms with Crippen molar-refractivity contribution in [2.75, 3.05) is 0 Å². The van der Waals surface area contributed by atoms with Crippen molar-refractivity contribution < 1.29 is 0 Å². The van der Waals surface area contributed by atoms with Gasteiger partial charge in [0.25, 0.3) is 0 Å². The summed E-state index contributed by atoms with van der Waals surface area (Å²) in [6.45, 7) is 0. The Morgan fingerprint density at radius 1 is 0.262 bits per heavy atom. The number of imidazole rings is 1. The van der Waals surface area contributed by atoms with Gasteiger partial charge in [-0.15, -0.1) is 0 Å². The van der Waals surface area contributed by atoms with Gasteiger partial charge in [0.05, 0.1) is 11.4 Å². The number of pyridine rings is 1. The van der Waals surface area contributed by atoms with E-state index in [1.54, 1.807) is 0 Å². The summed E-state index contributed by atoms with van der Waals surface area (Å²) >= 11 is 0. The Morgan fingerprint density at radius 2 is 0.705 bits per heavy atom. The Bertz CT molecular complexity index is 3240. The van der Waals surface area contributed by atoms with Gasteiger partial charge >= 0.3 is 0 Å². The molecule has 5 heteroatoms. The van der Waals surface area contributed by atoms with Gasteiger partial charge in [-0.05, 0) is 74.5 Å². The predicted octanol–water partition coefficient (Wildman–Crippen LogP) is 14.0. The third kappa shape index (κ3) is 7.04. The number of nitrogens with zero attached hydrogens (tertiary/aromatic N) is 5. The number of benzene rings is 8. The maximum Gasteiger partial charge on any atom is 0.164 e. The van der Waals surface area contributed by atoms with Crippen LogP contribution in [0.3, 0.4) is 0 Å². The number of rotatable bonds is 8. The molecule has 61 heavy (non-hydrogen) atoms. The minimum atomic E-state index is 0.609. The standard InChI is InChI=1S/C56H37N5/c1-3-13-38(14-4-1)41-24-29-43(30-25-41)54-58-55(44-31-26-42(27-32-44)39-15-5-2-6-16-39)60-56(59-54)50-22-12-20-47(37-50)46-19-11-21-49(36-46)53-52(57-51-23-9-10-34-61(51)53)48-33-28-40-17-7-8-18-45(40)35-48/h1-37H. The van der Waals surface area contributed by atoms with Crippen molar-refractivity contribution in [2.45, 2.75) is 0 Å². The highest BCUT2D eigenvalue weighted by Gasteiger charge is 2.18. The first kappa shape index (κ1) is 35.8. The molecule has 0 aliphatic carbocycles. The van der Waals surface area contributed by atoms with E-state index in [0.29, 0.717) is 17.5 Å². The molecule has 0 unspecified atom stereocenters. The molecule has 0 atom stereocenters. The molecule has 0 aliphatic rings. The van der Waals surface area contributed by atoms with Crippen molar-refractivity contribution in [1.29, 1.82) is 0 Å². The van der Waals surface area contributed by atoms with E-state index < -0.39 is 0 Å². The summed E-state index contributed by atoms with van der Waals surface area (Å²) in [6.07, 6.45) is 2.09. The maximum atomic E-state index is 5.17. The quantitative estimate of drug-likeness (QED) is 0.154. The van der Waals surface area contributed by atoms with Gasteiger partial charge in [0.15, 0.2) is 17.5 Å². The molecule has 5 nitrogen and oxygen atoms in total. The van der Waals surface area contributed by atoms with Crippen molar-refractivity contribution in [3.05, 3.63) is 225 Å². The van der Waals surface area contributed by atoms with Crippen molar-refractivity contribution in [3.63, 3.8) is 0 Å². The van der Waals surface area contributed by atoms with Gasteiger partial charge in [-0.25, -0.2) is 19.9 Å². The average molecular weight is 780 g/mol. The van der Waals surface area contributed by atoms with E-state index in [9.17, 15) is 0 Å². The van der Waals surface area contributed by atoms with Crippen molar-refractivity contribution in [2.24, 2.45) is 0 Å². The summed E-state index contributed by atoms with van der Waals surface area (Å²) in [6, 6.07) is 76.1. The molecule has 3 heterocycles. The third-order valence-electron chi connectivity index (χ3n) is 11.3. The highest BCUT2D eigenvalue weighted by atomic mass is 15.0. The van der Waals surface area contributed by atoms with Crippen LogP contribution >= 0.6 is 0 Å². The molecule has 0 radical (unpaired) electrons. The van der Waals surface area contributed by atoms with Crippen LogP contribution in [0, 0.1) is 0 Å². The molecule has 0 saturated carbocycles. The van der Waals surface area contributed by atoms with Crippen LogP contribution in [0.2, 0.25) is 0 Å². The van der Waals surface area contributed by atoms with Crippen LogP contribution in [0.1, 0.15) is 0 Å². The maximum absolute atomic E-state index is 5.17. The Labute approximate surface area is 354 Å². The number of aromatic nitrogens is 5. The molecule has 0 aliphatic heterocycles. The minimum Gasteiger partial charge on any atom is -0.299 e. The lowest BCUT2D eigenvalue weighted by Gasteiger charge is -2.12. The van der Waals surface area contributed by atoms with E-state index in [-0.39, 0.29) is 0 Å². The second-order valence-corrected chi connectivity index (χ2v) is 15.2. The first-order valence-corrected chi connectivity index (χ1v) is 20.5. The van der Waals surface area contributed by atoms with Crippen molar-refractivity contribution in [1.82, 2.24) is 24.3 Å². The van der Waals surface area contributed by atoms with E-state index >= 15 is 0 Å². The normalized spacial score (nSPS) is 11.3. The van der Waals surface area contributed by atoms with E-state index in [2.05, 4.69) is 211 Å². The van der Waals surface area contributed by atoms with Crippen LogP contribution < -0.4 is 0 Å². The van der Waals surface area contributed by atoms with Crippen LogP contribution in [-0.2, 0) is 0 Å². The molecular weight excluding hydrogens is 743 g/mol. The summed E-state index contributed by atoms with van der Waals surface area (Å²) in [7, 11) is 0. The highest BCUT2D eigenvalue weighted by Crippen LogP contribution is 2.37. The van der Waals surface area contributed by atoms with E-state index in [0.717, 1.165) is 78.2 Å². The number of fused-ring (bicyclic) bond motifs is 2. The zero-order valence-electron chi connectivity index (χ0n) is 33.1. The molecule has 0 saturated heterocycles. The second kappa shape index (κ2) is 15.5. The van der Waals surface area contributed by atoms with Crippen LogP contribution in [0.4, 0.5) is 0 Å². The lowest BCUT2D eigenvalue weighted by Crippen LogP contribution is -2.00. The highest BCUT2D eigenvalue weighted by molar-refractivity contribution is 5.91. The number of hydrogen-bond acceptors (Lipinski definition) is 4. The Hall–Kier alpha value is -8.28. The zero-order chi connectivity index (χ0) is 40.5. The molecule has 0 bridgehead atoms. The molecule has 11 aromatic rings. The van der Waals surface area contributed by atoms with Gasteiger partial charge in [-0.1, -0.05) is 188 Å². The van der Waals surface area contributed by atoms with Crippen LogP contribution in [0.15, 0.2) is 225 Å². The largest absolute Gasteiger partial charge is 0.299 e. The molecule has 286 valence electrons. The average Bonchev–Trinajstić information content (AvgIpc) is 3.74. The summed E-state index contributed by atoms with van der Waals surface area (Å²) in [5.74, 6) is 1.85. The van der Waals surface area contributed by atoms with Gasteiger partial charge in [0, 0.05) is 34.0 Å². The summed E-state index contributed by atoms with van der Waals surface area (Å²) in [5.41, 5.74) is 14.5. The van der Waals surface area contributed by atoms with Gasteiger partial charge < -0.3 is 0 Å². The van der Waals surface area contributed by atoms with E-state index in [4.69, 9.17) is 19.9 Å². The zero-order valence-corrected chi connectivity index (χ0v) is 33.1. The molecular formula is C56H37N5. The van der Waals surface area contributed by atoms with Gasteiger partial charge in [0.2, 0.25) is 0 Å². The van der Waals surface area contributed by atoms with Crippen LogP contribution in [-0.4, -0.2) is 24.3 Å². The number of hydrogen-bond donors (Lipinski definition) is 0. The lowest BCUT2D eigenvalue weighted by atomic mass is 9.97. The monoisotopic (exact) mass is 779 g/mol. The van der Waals surface area contributed by atoms with Crippen LogP contribution in [0.5, 0.6) is 0 Å². The molecule has 0 amide bonds. The van der Waals surface area contributed by atoms with Gasteiger partial charge in [-0.2, -0.15) is 0 Å². The SMILES string of the molecule is c1ccc(-c2ccc(-c3nc(-c4ccc(-c5ccccc5)cc4)nc(-c4cccc(-c5cccc(-c6c(-c7ccc8ccccc8c7)nc7ccccn67)c5)c4)n3)cc2)cc1. The fourth-order valence-electron chi connectivity index (χ4n) is 8.14. The van der Waals surface area contributed by atoms with E-state index in [1.165, 1.54) is 10.8 Å². The summed E-state index contributed by atoms with van der Waals surface area (Å²) in [5, 5.41) is 2.39. The summed E-state index contributed by atoms with van der Waals surface area (Å²) in [4.78, 5) is 20.5. The molecule has 0 spiro atoms. The van der Waals surface area contributed by atoms with Gasteiger partial charge in [0.1, 0.15) is 5.65 Å². The second-order valence-electron chi connectivity index (χ2n) is 15.2. The molecule has 0 fully saturated rings. The summed E-state index contributed by atoms with van der Waals surface area (Å²) < 4.78 is 2.19. The van der Waals surface area contributed by atoms with Gasteiger partial charge in [-0.3, -0.25) is 4.40 Å². The Balaban J connectivity index is 0.995. The molecule has 11 rings (SSSR count). The first-order valence-electron chi connectivity index (χ1n) is 20.5. The van der Waals surface area contributed by atoms with Crippen molar-refractivity contribution >= 4 is 16.4 Å². The minimum absolute atomic E-state index is 0.609. The van der Waals surface area contributed by atoms with Crippen molar-refractivity contribution in [3.8, 4) is 90.1 Å². The fraction of sp³-hybridized carbons (Fsp3) is 0.